The molecule has 0 aromatic heterocycles. The van der Waals surface area contributed by atoms with Crippen LogP contribution in [0.3, 0.4) is 0 Å². The standard InChI is InChI=1S/C24H29Cl2N3O6/c1-6-32-17-10-11-18(33-7-2)22(20(17)26)27-24(31)21(14(5)30)29-28-15-12-16(25)23(35-9-4)19(13-15)34-8-3/h10-13,21H,6-9H2,1-5H3,(H,27,31). The average Bonchev–Trinajstić information content (AvgIpc) is 2.80. The van der Waals surface area contributed by atoms with Gasteiger partial charge in [-0.3, -0.25) is 9.59 Å². The van der Waals surface area contributed by atoms with Gasteiger partial charge in [-0.15, -0.1) is 0 Å². The van der Waals surface area contributed by atoms with E-state index in [0.29, 0.717) is 49.4 Å². The van der Waals surface area contributed by atoms with Crippen LogP contribution in [0.2, 0.25) is 10.0 Å². The van der Waals surface area contributed by atoms with Crippen molar-refractivity contribution >= 4 is 46.3 Å². The predicted molar refractivity (Wildman–Crippen MR) is 135 cm³/mol. The first kappa shape index (κ1) is 28.2. The lowest BCUT2D eigenvalue weighted by Gasteiger charge is -2.17. The maximum atomic E-state index is 13.0. The summed E-state index contributed by atoms with van der Waals surface area (Å²) in [5, 5.41) is 11.1. The Balaban J connectivity index is 2.37. The monoisotopic (exact) mass is 525 g/mol. The molecule has 1 atom stereocenters. The summed E-state index contributed by atoms with van der Waals surface area (Å²) in [6, 6.07) is 4.88. The van der Waals surface area contributed by atoms with Crippen molar-refractivity contribution in [2.75, 3.05) is 31.7 Å². The normalized spacial score (nSPS) is 11.7. The van der Waals surface area contributed by atoms with Gasteiger partial charge in [0, 0.05) is 6.07 Å². The minimum Gasteiger partial charge on any atom is -0.492 e. The number of carbonyl (C=O) groups is 2. The van der Waals surface area contributed by atoms with Crippen molar-refractivity contribution in [1.29, 1.82) is 0 Å². The Morgan fingerprint density at radius 1 is 0.886 bits per heavy atom. The Kier molecular flexibility index (Phi) is 11.1. The Hall–Kier alpha value is -3.04. The van der Waals surface area contributed by atoms with E-state index in [1.807, 2.05) is 13.8 Å². The van der Waals surface area contributed by atoms with Gasteiger partial charge in [0.15, 0.2) is 17.3 Å². The van der Waals surface area contributed by atoms with Crippen LogP contribution in [0, 0.1) is 0 Å². The molecule has 0 saturated heterocycles. The summed E-state index contributed by atoms with van der Waals surface area (Å²) in [6.07, 6.45) is 0. The third-order valence-electron chi connectivity index (χ3n) is 4.42. The number of amides is 1. The van der Waals surface area contributed by atoms with Crippen molar-refractivity contribution in [3.63, 3.8) is 0 Å². The number of hydrogen-bond donors (Lipinski definition) is 1. The van der Waals surface area contributed by atoms with Gasteiger partial charge < -0.3 is 24.3 Å². The molecular formula is C24H29Cl2N3O6. The molecule has 0 fully saturated rings. The van der Waals surface area contributed by atoms with Gasteiger partial charge in [-0.05, 0) is 52.8 Å². The van der Waals surface area contributed by atoms with E-state index in [9.17, 15) is 9.59 Å². The van der Waals surface area contributed by atoms with E-state index in [4.69, 9.17) is 42.1 Å². The Morgan fingerprint density at radius 2 is 1.46 bits per heavy atom. The molecule has 2 rings (SSSR count). The number of Topliss-reactive ketones (excluding diaryl/α,β-unsaturated/α-hetero) is 1. The second-order valence-corrected chi connectivity index (χ2v) is 7.74. The smallest absolute Gasteiger partial charge is 0.258 e. The number of ketones is 1. The van der Waals surface area contributed by atoms with Gasteiger partial charge in [0.25, 0.3) is 5.91 Å². The van der Waals surface area contributed by atoms with Crippen molar-refractivity contribution in [3.05, 3.63) is 34.3 Å². The lowest BCUT2D eigenvalue weighted by Crippen LogP contribution is -2.32. The zero-order chi connectivity index (χ0) is 26.0. The zero-order valence-electron chi connectivity index (χ0n) is 20.3. The summed E-state index contributed by atoms with van der Waals surface area (Å²) in [4.78, 5) is 25.3. The van der Waals surface area contributed by atoms with Gasteiger partial charge >= 0.3 is 0 Å². The van der Waals surface area contributed by atoms with Crippen LogP contribution in [-0.4, -0.2) is 44.2 Å². The second-order valence-electron chi connectivity index (χ2n) is 6.96. The second kappa shape index (κ2) is 13.7. The van der Waals surface area contributed by atoms with Crippen molar-refractivity contribution < 1.29 is 28.5 Å². The number of nitrogens with zero attached hydrogens (tertiary/aromatic N) is 2. The maximum Gasteiger partial charge on any atom is 0.258 e. The van der Waals surface area contributed by atoms with Gasteiger partial charge in [0.2, 0.25) is 6.04 Å². The first-order valence-electron chi connectivity index (χ1n) is 11.2. The van der Waals surface area contributed by atoms with Gasteiger partial charge in [-0.2, -0.15) is 10.2 Å². The van der Waals surface area contributed by atoms with E-state index in [1.165, 1.54) is 13.0 Å². The molecule has 0 heterocycles. The molecule has 0 aliphatic heterocycles. The lowest BCUT2D eigenvalue weighted by molar-refractivity contribution is -0.126. The Morgan fingerprint density at radius 3 is 2.06 bits per heavy atom. The maximum absolute atomic E-state index is 13.0. The molecule has 2 aromatic carbocycles. The van der Waals surface area contributed by atoms with E-state index in [0.717, 1.165) is 0 Å². The lowest BCUT2D eigenvalue weighted by atomic mass is 10.2. The fourth-order valence-electron chi connectivity index (χ4n) is 2.99. The highest BCUT2D eigenvalue weighted by Gasteiger charge is 2.26. The van der Waals surface area contributed by atoms with Crippen LogP contribution in [0.15, 0.2) is 34.5 Å². The summed E-state index contributed by atoms with van der Waals surface area (Å²) in [6.45, 7) is 9.95. The topological polar surface area (TPSA) is 108 Å². The predicted octanol–water partition coefficient (Wildman–Crippen LogP) is 6.27. The number of rotatable bonds is 13. The highest BCUT2D eigenvalue weighted by Crippen LogP contribution is 2.41. The van der Waals surface area contributed by atoms with Crippen molar-refractivity contribution in [2.45, 2.75) is 40.7 Å². The molecule has 0 aliphatic carbocycles. The van der Waals surface area contributed by atoms with Crippen LogP contribution in [0.4, 0.5) is 11.4 Å². The quantitative estimate of drug-likeness (QED) is 0.244. The Bertz CT molecular complexity index is 1080. The molecule has 0 bridgehead atoms. The van der Waals surface area contributed by atoms with E-state index >= 15 is 0 Å². The first-order valence-corrected chi connectivity index (χ1v) is 11.9. The molecule has 0 saturated carbocycles. The van der Waals surface area contributed by atoms with E-state index in [1.54, 1.807) is 32.0 Å². The molecule has 190 valence electrons. The summed E-state index contributed by atoms with van der Waals surface area (Å²) in [5.74, 6) is 0.182. The number of azo groups is 1. The molecule has 1 unspecified atom stereocenters. The molecule has 0 radical (unpaired) electrons. The molecule has 35 heavy (non-hydrogen) atoms. The molecule has 2 aromatic rings. The molecule has 0 spiro atoms. The van der Waals surface area contributed by atoms with Crippen molar-refractivity contribution in [2.24, 2.45) is 10.2 Å². The van der Waals surface area contributed by atoms with Crippen LogP contribution in [0.1, 0.15) is 34.6 Å². The van der Waals surface area contributed by atoms with Crippen LogP contribution < -0.4 is 24.3 Å². The highest BCUT2D eigenvalue weighted by atomic mass is 35.5. The van der Waals surface area contributed by atoms with Gasteiger partial charge in [0.05, 0.1) is 37.1 Å². The SMILES string of the molecule is CCOc1ccc(OCC)c(NC(=O)C(N=Nc2cc(Cl)c(OCC)c(OCC)c2)C(C)=O)c1Cl. The van der Waals surface area contributed by atoms with E-state index in [-0.39, 0.29) is 21.4 Å². The van der Waals surface area contributed by atoms with Gasteiger partial charge in [-0.25, -0.2) is 0 Å². The minimum atomic E-state index is -1.45. The van der Waals surface area contributed by atoms with Gasteiger partial charge in [0.1, 0.15) is 22.2 Å². The van der Waals surface area contributed by atoms with Crippen molar-refractivity contribution in [1.82, 2.24) is 0 Å². The fraction of sp³-hybridized carbons (Fsp3) is 0.417. The number of nitrogens with one attached hydrogen (secondary N) is 1. The van der Waals surface area contributed by atoms with E-state index in [2.05, 4.69) is 15.5 Å². The molecule has 1 N–H and O–H groups in total. The van der Waals surface area contributed by atoms with Crippen LogP contribution in [0.25, 0.3) is 0 Å². The van der Waals surface area contributed by atoms with Crippen LogP contribution in [-0.2, 0) is 9.59 Å². The summed E-state index contributed by atoms with van der Waals surface area (Å²) < 4.78 is 22.2. The van der Waals surface area contributed by atoms with Crippen LogP contribution in [0.5, 0.6) is 23.0 Å². The highest BCUT2D eigenvalue weighted by molar-refractivity contribution is 6.36. The fourth-order valence-corrected chi connectivity index (χ4v) is 3.51. The molecule has 11 heteroatoms. The van der Waals surface area contributed by atoms with Crippen LogP contribution >= 0.6 is 23.2 Å². The number of ether oxygens (including phenoxy) is 4. The van der Waals surface area contributed by atoms with Crippen molar-refractivity contribution in [3.8, 4) is 23.0 Å². The minimum absolute atomic E-state index is 0.144. The third-order valence-corrected chi connectivity index (χ3v) is 5.08. The number of benzene rings is 2. The first-order chi connectivity index (χ1) is 16.8. The summed E-state index contributed by atoms with van der Waals surface area (Å²) in [5.41, 5.74) is 0.459. The number of hydrogen-bond acceptors (Lipinski definition) is 8. The molecule has 0 aliphatic rings. The average molecular weight is 526 g/mol. The largest absolute Gasteiger partial charge is 0.492 e. The third kappa shape index (κ3) is 7.47. The summed E-state index contributed by atoms with van der Waals surface area (Å²) >= 11 is 12.7. The Labute approximate surface area is 214 Å². The number of anilines is 1. The molecule has 1 amide bonds. The summed E-state index contributed by atoms with van der Waals surface area (Å²) in [7, 11) is 0. The van der Waals surface area contributed by atoms with Gasteiger partial charge in [-0.1, -0.05) is 23.2 Å². The number of carbonyl (C=O) groups excluding carboxylic acids is 2. The van der Waals surface area contributed by atoms with E-state index < -0.39 is 17.7 Å². The molecular weight excluding hydrogens is 497 g/mol. The number of halogens is 2. The zero-order valence-corrected chi connectivity index (χ0v) is 21.8. The molecule has 9 nitrogen and oxygen atoms in total.